The Kier molecular flexibility index (Phi) is 3.75. The molecule has 2 aliphatic rings. The number of fused-ring (bicyclic) bond motifs is 1. The molecule has 1 aromatic carbocycles. The molecule has 0 aliphatic carbocycles. The van der Waals surface area contributed by atoms with E-state index in [0.29, 0.717) is 6.42 Å². The zero-order valence-corrected chi connectivity index (χ0v) is 13.2. The van der Waals surface area contributed by atoms with Crippen LogP contribution in [0.5, 0.6) is 0 Å². The van der Waals surface area contributed by atoms with Crippen LogP contribution < -0.4 is 5.43 Å². The number of benzene rings is 1. The molecule has 5 nitrogen and oxygen atoms in total. The van der Waals surface area contributed by atoms with Gasteiger partial charge in [0, 0.05) is 6.42 Å². The molecule has 4 atom stereocenters. The molecule has 0 amide bonds. The van der Waals surface area contributed by atoms with Gasteiger partial charge < -0.3 is 0 Å². The van der Waals surface area contributed by atoms with Crippen molar-refractivity contribution in [2.24, 2.45) is 4.99 Å². The third-order valence-corrected chi connectivity index (χ3v) is 5.53. The minimum atomic E-state index is -1.63. The molecule has 0 aromatic heterocycles. The molecular formula is C15H17FN4OS. The molecule has 7 heteroatoms. The van der Waals surface area contributed by atoms with Crippen LogP contribution in [0.1, 0.15) is 31.9 Å². The van der Waals surface area contributed by atoms with E-state index in [4.69, 9.17) is 5.26 Å². The van der Waals surface area contributed by atoms with Crippen LogP contribution in [0.3, 0.4) is 0 Å². The van der Waals surface area contributed by atoms with Crippen LogP contribution in [0.4, 0.5) is 4.39 Å². The van der Waals surface area contributed by atoms with Gasteiger partial charge in [-0.25, -0.2) is 13.6 Å². The molecule has 22 heavy (non-hydrogen) atoms. The van der Waals surface area contributed by atoms with Crippen molar-refractivity contribution in [2.75, 3.05) is 0 Å². The predicted molar refractivity (Wildman–Crippen MR) is 82.7 cm³/mol. The number of hydrazine groups is 1. The molecule has 1 fully saturated rings. The molecule has 0 saturated carbocycles. The molecule has 1 N–H and O–H groups in total. The third-order valence-electron chi connectivity index (χ3n) is 3.96. The Bertz CT molecular complexity index is 670. The maximum absolute atomic E-state index is 14.3. The van der Waals surface area contributed by atoms with E-state index >= 15 is 0 Å². The van der Waals surface area contributed by atoms with Gasteiger partial charge in [-0.15, -0.1) is 0 Å². The largest absolute Gasteiger partial charge is 0.293 e. The van der Waals surface area contributed by atoms with Gasteiger partial charge >= 0.3 is 0 Å². The zero-order valence-electron chi connectivity index (χ0n) is 12.4. The number of aliphatic imine (C=N–C) groups is 1. The van der Waals surface area contributed by atoms with Crippen LogP contribution >= 0.6 is 0 Å². The Balaban J connectivity index is 1.85. The van der Waals surface area contributed by atoms with Crippen LogP contribution in [0.25, 0.3) is 0 Å². The lowest BCUT2D eigenvalue weighted by Gasteiger charge is -2.24. The molecule has 1 aromatic rings. The van der Waals surface area contributed by atoms with E-state index in [0.717, 1.165) is 5.56 Å². The second-order valence-electron chi connectivity index (χ2n) is 5.94. The van der Waals surface area contributed by atoms with Crippen molar-refractivity contribution < 1.29 is 8.60 Å². The van der Waals surface area contributed by atoms with E-state index in [2.05, 4.69) is 10.4 Å². The molecule has 116 valence electrons. The Morgan fingerprint density at radius 3 is 2.77 bits per heavy atom. The topological polar surface area (TPSA) is 68.5 Å². The summed E-state index contributed by atoms with van der Waals surface area (Å²) in [5, 5.41) is 11.0. The summed E-state index contributed by atoms with van der Waals surface area (Å²) in [5.74, 6) is 0. The van der Waals surface area contributed by atoms with Crippen molar-refractivity contribution in [3.05, 3.63) is 35.9 Å². The lowest BCUT2D eigenvalue weighted by Crippen LogP contribution is -2.44. The summed E-state index contributed by atoms with van der Waals surface area (Å²) in [5.41, 5.74) is 3.95. The average Bonchev–Trinajstić information content (AvgIpc) is 3.08. The first-order valence-corrected chi connectivity index (χ1v) is 8.24. The highest BCUT2D eigenvalue weighted by molar-refractivity contribution is 8.01. The van der Waals surface area contributed by atoms with Crippen molar-refractivity contribution in [2.45, 2.75) is 43.4 Å². The first-order chi connectivity index (χ1) is 10.4. The molecule has 0 spiro atoms. The SMILES string of the molecule is CC(C)(C#N)S(=O)C1=NC2[C@@H](F)C[C@@H](c3ccccc3)N2N1. The van der Waals surface area contributed by atoms with E-state index in [1.54, 1.807) is 18.9 Å². The number of nitrogens with one attached hydrogen (secondary N) is 1. The van der Waals surface area contributed by atoms with Gasteiger partial charge in [0.2, 0.25) is 5.17 Å². The van der Waals surface area contributed by atoms with Crippen molar-refractivity contribution >= 4 is 16.0 Å². The first kappa shape index (κ1) is 15.1. The highest BCUT2D eigenvalue weighted by Crippen LogP contribution is 2.39. The Morgan fingerprint density at radius 2 is 2.14 bits per heavy atom. The molecule has 3 rings (SSSR count). The van der Waals surface area contributed by atoms with Gasteiger partial charge in [0.1, 0.15) is 21.7 Å². The van der Waals surface area contributed by atoms with Gasteiger partial charge in [-0.1, -0.05) is 30.3 Å². The number of alkyl halides is 1. The Labute approximate surface area is 131 Å². The smallest absolute Gasteiger partial charge is 0.205 e. The van der Waals surface area contributed by atoms with E-state index in [1.807, 2.05) is 36.4 Å². The minimum Gasteiger partial charge on any atom is -0.293 e. The Hall–Kier alpha value is -1.78. The number of hydrogen-bond donors (Lipinski definition) is 1. The molecule has 0 bridgehead atoms. The fourth-order valence-corrected chi connectivity index (χ4v) is 3.66. The quantitative estimate of drug-likeness (QED) is 0.905. The van der Waals surface area contributed by atoms with Gasteiger partial charge in [-0.3, -0.25) is 5.43 Å². The van der Waals surface area contributed by atoms with Crippen molar-refractivity contribution in [1.82, 2.24) is 10.4 Å². The number of nitriles is 1. The van der Waals surface area contributed by atoms with Crippen molar-refractivity contribution in [1.29, 1.82) is 5.26 Å². The van der Waals surface area contributed by atoms with Crippen molar-refractivity contribution in [3.8, 4) is 6.07 Å². The maximum Gasteiger partial charge on any atom is 0.205 e. The van der Waals surface area contributed by atoms with E-state index in [9.17, 15) is 8.60 Å². The number of nitrogens with zero attached hydrogens (tertiary/aromatic N) is 3. The second-order valence-corrected chi connectivity index (χ2v) is 7.88. The molecule has 2 heterocycles. The monoisotopic (exact) mass is 320 g/mol. The highest BCUT2D eigenvalue weighted by atomic mass is 32.2. The van der Waals surface area contributed by atoms with E-state index in [1.165, 1.54) is 0 Å². The molecular weight excluding hydrogens is 303 g/mol. The second kappa shape index (κ2) is 5.45. The third kappa shape index (κ3) is 2.42. The summed E-state index contributed by atoms with van der Waals surface area (Å²) >= 11 is 0. The summed E-state index contributed by atoms with van der Waals surface area (Å²) in [6.07, 6.45) is -1.47. The Morgan fingerprint density at radius 1 is 1.45 bits per heavy atom. The normalized spacial score (nSPS) is 29.4. The van der Waals surface area contributed by atoms with Gasteiger partial charge in [0.25, 0.3) is 0 Å². The van der Waals surface area contributed by atoms with Crippen LogP contribution in [0.2, 0.25) is 0 Å². The van der Waals surface area contributed by atoms with Crippen molar-refractivity contribution in [3.63, 3.8) is 0 Å². The zero-order chi connectivity index (χ0) is 15.9. The fraction of sp³-hybridized carbons (Fsp3) is 0.467. The number of hydrogen-bond acceptors (Lipinski definition) is 5. The lowest BCUT2D eigenvalue weighted by atomic mass is 10.1. The van der Waals surface area contributed by atoms with Gasteiger partial charge in [0.05, 0.1) is 12.1 Å². The standard InChI is InChI=1S/C15H17FN4OS/c1-15(2,9-17)22(21)14-18-13-11(16)8-12(20(13)19-14)10-6-4-3-5-7-10/h3-7,11-13H,8H2,1-2H3,(H,18,19)/t11-,12-,13?,22?/m0/s1. The molecule has 0 radical (unpaired) electrons. The van der Waals surface area contributed by atoms with Crippen LogP contribution in [-0.2, 0) is 10.8 Å². The molecule has 1 saturated heterocycles. The lowest BCUT2D eigenvalue weighted by molar-refractivity contribution is 0.160. The molecule has 2 unspecified atom stereocenters. The summed E-state index contributed by atoms with van der Waals surface area (Å²) in [7, 11) is -1.63. The highest BCUT2D eigenvalue weighted by Gasteiger charge is 2.48. The van der Waals surface area contributed by atoms with Crippen LogP contribution in [0.15, 0.2) is 35.3 Å². The van der Waals surface area contributed by atoms with Gasteiger partial charge in [0.15, 0.2) is 6.17 Å². The fourth-order valence-electron chi connectivity index (χ4n) is 2.70. The van der Waals surface area contributed by atoms with Gasteiger partial charge in [-0.05, 0) is 19.4 Å². The summed E-state index contributed by atoms with van der Waals surface area (Å²) in [6, 6.07) is 11.4. The van der Waals surface area contributed by atoms with Crippen LogP contribution in [0, 0.1) is 11.3 Å². The summed E-state index contributed by atoms with van der Waals surface area (Å²) in [4.78, 5) is 4.23. The number of rotatable bonds is 2. The van der Waals surface area contributed by atoms with E-state index in [-0.39, 0.29) is 11.2 Å². The van der Waals surface area contributed by atoms with E-state index < -0.39 is 27.9 Å². The molecule has 2 aliphatic heterocycles. The maximum atomic E-state index is 14.3. The van der Waals surface area contributed by atoms with Gasteiger partial charge in [-0.2, -0.15) is 10.3 Å². The summed E-state index contributed by atoms with van der Waals surface area (Å²) in [6.45, 7) is 3.16. The average molecular weight is 320 g/mol. The predicted octanol–water partition coefficient (Wildman–Crippen LogP) is 2.02. The minimum absolute atomic E-state index is 0.162. The number of halogens is 1. The summed E-state index contributed by atoms with van der Waals surface area (Å²) < 4.78 is 25.6. The first-order valence-electron chi connectivity index (χ1n) is 7.09. The number of amidine groups is 1. The van der Waals surface area contributed by atoms with Crippen LogP contribution in [-0.4, -0.2) is 31.5 Å².